The molecule has 1 atom stereocenters. The van der Waals surface area contributed by atoms with E-state index in [1.807, 2.05) is 60.2 Å². The number of hydrogen-bond donors (Lipinski definition) is 0. The molecule has 1 fully saturated rings. The second-order valence-corrected chi connectivity index (χ2v) is 9.77. The zero-order chi connectivity index (χ0) is 19.6. The fourth-order valence-electron chi connectivity index (χ4n) is 3.05. The number of unbranched alkanes of at least 4 members (excludes halogenated alkanes) is 3. The first-order valence-electron chi connectivity index (χ1n) is 10.2. The molecule has 28 heavy (non-hydrogen) atoms. The monoisotopic (exact) mass is 420 g/mol. The second kappa shape index (κ2) is 11.7. The quantitative estimate of drug-likeness (QED) is 0.400. The lowest BCUT2D eigenvalue weighted by atomic mass is 10.1. The highest BCUT2D eigenvalue weighted by molar-refractivity contribution is 8.16. The van der Waals surface area contributed by atoms with Gasteiger partial charge in [0.15, 0.2) is 5.82 Å². The molecule has 2 heterocycles. The van der Waals surface area contributed by atoms with Gasteiger partial charge in [-0.3, -0.25) is 0 Å². The highest BCUT2D eigenvalue weighted by Crippen LogP contribution is 2.43. The number of ether oxygens (including phenoxy) is 1. The lowest BCUT2D eigenvalue weighted by molar-refractivity contribution is 0.184. The van der Waals surface area contributed by atoms with Crippen LogP contribution >= 0.6 is 23.5 Å². The molecule has 0 amide bonds. The van der Waals surface area contributed by atoms with Crippen molar-refractivity contribution in [3.05, 3.63) is 42.2 Å². The normalized spacial score (nSPS) is 16.1. The van der Waals surface area contributed by atoms with Crippen molar-refractivity contribution in [2.45, 2.75) is 56.2 Å². The van der Waals surface area contributed by atoms with E-state index in [1.54, 1.807) is 0 Å². The average molecular weight is 421 g/mol. The molecule has 0 radical (unpaired) electrons. The van der Waals surface area contributed by atoms with Gasteiger partial charge in [0.05, 0.1) is 4.58 Å². The van der Waals surface area contributed by atoms with E-state index in [9.17, 15) is 4.39 Å². The molecule has 0 N–H and O–H groups in total. The van der Waals surface area contributed by atoms with E-state index in [4.69, 9.17) is 4.74 Å². The van der Waals surface area contributed by atoms with Crippen LogP contribution in [0.4, 0.5) is 4.39 Å². The van der Waals surface area contributed by atoms with Crippen LogP contribution in [-0.4, -0.2) is 34.3 Å². The summed E-state index contributed by atoms with van der Waals surface area (Å²) in [5, 5.41) is 0. The van der Waals surface area contributed by atoms with Gasteiger partial charge in [-0.25, -0.2) is 14.4 Å². The van der Waals surface area contributed by atoms with Crippen molar-refractivity contribution in [1.29, 1.82) is 0 Å². The maximum atomic E-state index is 13.9. The van der Waals surface area contributed by atoms with Gasteiger partial charge in [-0.15, -0.1) is 23.5 Å². The Labute approximate surface area is 176 Å². The summed E-state index contributed by atoms with van der Waals surface area (Å²) in [5.41, 5.74) is 2.13. The third kappa shape index (κ3) is 6.66. The van der Waals surface area contributed by atoms with Gasteiger partial charge >= 0.3 is 0 Å². The van der Waals surface area contributed by atoms with Gasteiger partial charge < -0.3 is 4.74 Å². The van der Waals surface area contributed by atoms with E-state index in [2.05, 4.69) is 16.9 Å². The first kappa shape index (κ1) is 21.4. The number of thioether (sulfide) groups is 2. The first-order valence-corrected chi connectivity index (χ1v) is 12.3. The molecule has 1 aromatic heterocycles. The molecule has 6 heteroatoms. The van der Waals surface area contributed by atoms with Gasteiger partial charge in [0.25, 0.3) is 0 Å². The van der Waals surface area contributed by atoms with E-state index in [-0.39, 0.29) is 6.61 Å². The van der Waals surface area contributed by atoms with Crippen LogP contribution in [0.5, 0.6) is 5.75 Å². The van der Waals surface area contributed by atoms with Crippen LogP contribution in [0, 0.1) is 0 Å². The molecule has 0 saturated carbocycles. The maximum Gasteiger partial charge on any atom is 0.159 e. The summed E-state index contributed by atoms with van der Waals surface area (Å²) in [6, 6.07) is 7.60. The molecule has 152 valence electrons. The Kier molecular flexibility index (Phi) is 8.93. The predicted molar refractivity (Wildman–Crippen MR) is 119 cm³/mol. The van der Waals surface area contributed by atoms with Crippen LogP contribution in [0.1, 0.15) is 55.6 Å². The highest BCUT2D eigenvalue weighted by Gasteiger charge is 2.17. The van der Waals surface area contributed by atoms with Crippen molar-refractivity contribution in [1.82, 2.24) is 9.97 Å². The fraction of sp³-hybridized carbons (Fsp3) is 0.545. The van der Waals surface area contributed by atoms with E-state index in [1.165, 1.54) is 36.3 Å². The Bertz CT molecular complexity index is 691. The van der Waals surface area contributed by atoms with Crippen LogP contribution in [0.2, 0.25) is 0 Å². The summed E-state index contributed by atoms with van der Waals surface area (Å²) in [4.78, 5) is 9.08. The molecule has 0 unspecified atom stereocenters. The highest BCUT2D eigenvalue weighted by atomic mass is 32.2. The Morgan fingerprint density at radius 3 is 2.46 bits per heavy atom. The van der Waals surface area contributed by atoms with Gasteiger partial charge in [0.1, 0.15) is 18.5 Å². The zero-order valence-electron chi connectivity index (χ0n) is 16.5. The molecule has 0 bridgehead atoms. The van der Waals surface area contributed by atoms with Crippen LogP contribution in [-0.2, 0) is 0 Å². The lowest BCUT2D eigenvalue weighted by Gasteiger charge is -2.20. The summed E-state index contributed by atoms with van der Waals surface area (Å²) in [5.74, 6) is 3.81. The summed E-state index contributed by atoms with van der Waals surface area (Å²) in [6.07, 6.45) is 9.22. The Morgan fingerprint density at radius 2 is 1.79 bits per heavy atom. The van der Waals surface area contributed by atoms with Crippen LogP contribution in [0.25, 0.3) is 11.4 Å². The van der Waals surface area contributed by atoms with Crippen molar-refractivity contribution in [2.75, 3.05) is 18.1 Å². The molecular weight excluding hydrogens is 391 g/mol. The minimum atomic E-state index is -0.900. The molecule has 3 rings (SSSR count). The molecule has 1 aromatic carbocycles. The molecule has 1 aliphatic rings. The van der Waals surface area contributed by atoms with E-state index >= 15 is 0 Å². The average Bonchev–Trinajstić information content (AvgIpc) is 2.76. The largest absolute Gasteiger partial charge is 0.491 e. The third-order valence-corrected chi connectivity index (χ3v) is 7.70. The molecule has 0 spiro atoms. The van der Waals surface area contributed by atoms with Crippen LogP contribution < -0.4 is 4.74 Å². The maximum absolute atomic E-state index is 13.9. The Balaban J connectivity index is 1.48. The number of halogens is 1. The van der Waals surface area contributed by atoms with Gasteiger partial charge in [0.2, 0.25) is 0 Å². The van der Waals surface area contributed by atoms with Gasteiger partial charge in [-0.1, -0.05) is 32.6 Å². The van der Waals surface area contributed by atoms with Gasteiger partial charge in [-0.2, -0.15) is 0 Å². The van der Waals surface area contributed by atoms with Crippen LogP contribution in [0.15, 0.2) is 36.7 Å². The van der Waals surface area contributed by atoms with E-state index < -0.39 is 6.17 Å². The standard InChI is InChI=1S/C22H29FN2OS2/c1-2-3-4-5-7-19(23)16-26-20-10-8-17(9-11-20)21-24-14-18(15-25-21)22-27-12-6-13-28-22/h8-11,14-15,19,22H,2-7,12-13,16H2,1H3/t19-/m0/s1. The van der Waals surface area contributed by atoms with Crippen LogP contribution in [0.3, 0.4) is 0 Å². The molecule has 3 nitrogen and oxygen atoms in total. The Hall–Kier alpha value is -1.27. The first-order chi connectivity index (χ1) is 13.8. The second-order valence-electron chi connectivity index (χ2n) is 7.05. The number of benzene rings is 1. The molecule has 1 saturated heterocycles. The fourth-order valence-corrected chi connectivity index (χ4v) is 5.88. The minimum Gasteiger partial charge on any atom is -0.491 e. The number of aromatic nitrogens is 2. The van der Waals surface area contributed by atoms with Gasteiger partial charge in [0, 0.05) is 23.5 Å². The summed E-state index contributed by atoms with van der Waals surface area (Å²) in [6.45, 7) is 2.28. The molecular formula is C22H29FN2OS2. The molecule has 2 aromatic rings. The van der Waals surface area contributed by atoms with E-state index in [0.29, 0.717) is 22.6 Å². The summed E-state index contributed by atoms with van der Waals surface area (Å²) in [7, 11) is 0. The smallest absolute Gasteiger partial charge is 0.159 e. The summed E-state index contributed by atoms with van der Waals surface area (Å²) < 4.78 is 19.9. The van der Waals surface area contributed by atoms with Crippen molar-refractivity contribution in [2.24, 2.45) is 0 Å². The number of alkyl halides is 1. The van der Waals surface area contributed by atoms with Crippen molar-refractivity contribution in [3.8, 4) is 17.1 Å². The van der Waals surface area contributed by atoms with Crippen molar-refractivity contribution in [3.63, 3.8) is 0 Å². The number of hydrogen-bond acceptors (Lipinski definition) is 5. The van der Waals surface area contributed by atoms with E-state index in [0.717, 1.165) is 18.4 Å². The third-order valence-electron chi connectivity index (χ3n) is 4.69. The molecule has 1 aliphatic heterocycles. The topological polar surface area (TPSA) is 35.0 Å². The lowest BCUT2D eigenvalue weighted by Crippen LogP contribution is -2.12. The number of rotatable bonds is 10. The minimum absolute atomic E-state index is 0.118. The number of nitrogens with zero attached hydrogens (tertiary/aromatic N) is 2. The van der Waals surface area contributed by atoms with Crippen molar-refractivity contribution >= 4 is 23.5 Å². The van der Waals surface area contributed by atoms with Gasteiger partial charge in [-0.05, 0) is 48.6 Å². The SMILES string of the molecule is CCCCCC[C@H](F)COc1ccc(-c2ncc(C3SCCCS3)cn2)cc1. The molecule has 0 aliphatic carbocycles. The summed E-state index contributed by atoms with van der Waals surface area (Å²) >= 11 is 3.94. The Morgan fingerprint density at radius 1 is 1.07 bits per heavy atom. The zero-order valence-corrected chi connectivity index (χ0v) is 18.1. The predicted octanol–water partition coefficient (Wildman–Crippen LogP) is 6.70. The van der Waals surface area contributed by atoms with Crippen molar-refractivity contribution < 1.29 is 9.13 Å².